The molecule has 0 amide bonds. The Balaban J connectivity index is 1.97. The average molecular weight is 330 g/mol. The summed E-state index contributed by atoms with van der Waals surface area (Å²) in [4.78, 5) is 1.42. The second-order valence-electron chi connectivity index (χ2n) is 5.82. The van der Waals surface area contributed by atoms with E-state index in [9.17, 15) is 0 Å². The van der Waals surface area contributed by atoms with E-state index in [4.69, 9.17) is 5.73 Å². The van der Waals surface area contributed by atoms with Crippen LogP contribution < -0.4 is 5.73 Å². The lowest BCUT2D eigenvalue weighted by Crippen LogP contribution is -2.41. The number of halogens is 1. The Bertz CT molecular complexity index is 376. The van der Waals surface area contributed by atoms with Crippen LogP contribution in [0.15, 0.2) is 15.9 Å². The average Bonchev–Trinajstić information content (AvgIpc) is 2.62. The van der Waals surface area contributed by atoms with E-state index in [1.165, 1.54) is 54.3 Å². The first kappa shape index (κ1) is 14.5. The van der Waals surface area contributed by atoms with E-state index in [2.05, 4.69) is 34.3 Å². The van der Waals surface area contributed by atoms with Crippen molar-refractivity contribution in [1.82, 2.24) is 0 Å². The molecule has 0 spiro atoms. The molecule has 1 aliphatic carbocycles. The van der Waals surface area contributed by atoms with Gasteiger partial charge in [-0.15, -0.1) is 11.3 Å². The normalized spacial score (nSPS) is 29.2. The Kier molecular flexibility index (Phi) is 5.28. The van der Waals surface area contributed by atoms with E-state index in [-0.39, 0.29) is 5.54 Å². The van der Waals surface area contributed by atoms with Gasteiger partial charge < -0.3 is 5.73 Å². The van der Waals surface area contributed by atoms with Gasteiger partial charge in [-0.3, -0.25) is 0 Å². The SMILES string of the molecule is CCCC1CCCC(N)(Cc2sccc2Br)CC1. The summed E-state index contributed by atoms with van der Waals surface area (Å²) in [7, 11) is 0. The molecular weight excluding hydrogens is 306 g/mol. The van der Waals surface area contributed by atoms with Crippen molar-refractivity contribution in [1.29, 1.82) is 0 Å². The standard InChI is InChI=1S/C15H24BrNS/c1-2-4-12-5-3-8-15(17,9-6-12)11-14-13(16)7-10-18-14/h7,10,12H,2-6,8-9,11,17H2,1H3. The fraction of sp³-hybridized carbons (Fsp3) is 0.733. The van der Waals surface area contributed by atoms with Gasteiger partial charge in [-0.1, -0.05) is 32.6 Å². The summed E-state index contributed by atoms with van der Waals surface area (Å²) in [6, 6.07) is 2.14. The Labute approximate surface area is 123 Å². The Hall–Kier alpha value is 0.140. The van der Waals surface area contributed by atoms with Crippen LogP contribution >= 0.6 is 27.3 Å². The molecule has 0 aromatic carbocycles. The Morgan fingerprint density at radius 3 is 2.94 bits per heavy atom. The van der Waals surface area contributed by atoms with Crippen LogP contribution in [0.5, 0.6) is 0 Å². The molecule has 1 saturated carbocycles. The fourth-order valence-corrected chi connectivity index (χ4v) is 4.80. The fourth-order valence-electron chi connectivity index (χ4n) is 3.15. The molecule has 2 N–H and O–H groups in total. The van der Waals surface area contributed by atoms with E-state index in [0.29, 0.717) is 0 Å². The van der Waals surface area contributed by atoms with Gasteiger partial charge in [-0.05, 0) is 52.6 Å². The van der Waals surface area contributed by atoms with Crippen LogP contribution in [-0.4, -0.2) is 5.54 Å². The van der Waals surface area contributed by atoms with Gasteiger partial charge in [0.1, 0.15) is 0 Å². The van der Waals surface area contributed by atoms with Gasteiger partial charge in [-0.2, -0.15) is 0 Å². The summed E-state index contributed by atoms with van der Waals surface area (Å²) >= 11 is 5.46. The van der Waals surface area contributed by atoms with Crippen molar-refractivity contribution in [2.75, 3.05) is 0 Å². The highest BCUT2D eigenvalue weighted by atomic mass is 79.9. The van der Waals surface area contributed by atoms with Gasteiger partial charge in [0.05, 0.1) is 0 Å². The van der Waals surface area contributed by atoms with E-state index in [1.54, 1.807) is 0 Å². The summed E-state index contributed by atoms with van der Waals surface area (Å²) in [6.07, 6.45) is 10.2. The van der Waals surface area contributed by atoms with Gasteiger partial charge in [0.15, 0.2) is 0 Å². The summed E-state index contributed by atoms with van der Waals surface area (Å²) in [5.74, 6) is 0.923. The van der Waals surface area contributed by atoms with Crippen molar-refractivity contribution in [2.45, 2.75) is 63.8 Å². The van der Waals surface area contributed by atoms with Crippen molar-refractivity contribution in [3.8, 4) is 0 Å². The molecule has 1 heterocycles. The third-order valence-electron chi connectivity index (χ3n) is 4.24. The maximum atomic E-state index is 6.66. The van der Waals surface area contributed by atoms with Crippen LogP contribution in [0.1, 0.15) is 56.7 Å². The molecule has 1 aromatic rings. The molecule has 102 valence electrons. The zero-order valence-corrected chi connectivity index (χ0v) is 13.7. The topological polar surface area (TPSA) is 26.0 Å². The molecule has 0 bridgehead atoms. The van der Waals surface area contributed by atoms with Crippen LogP contribution in [0.2, 0.25) is 0 Å². The highest BCUT2D eigenvalue weighted by molar-refractivity contribution is 9.10. The third-order valence-corrected chi connectivity index (χ3v) is 6.16. The minimum absolute atomic E-state index is 0.0376. The summed E-state index contributed by atoms with van der Waals surface area (Å²) in [5.41, 5.74) is 6.70. The first-order valence-corrected chi connectivity index (χ1v) is 8.81. The minimum Gasteiger partial charge on any atom is -0.325 e. The van der Waals surface area contributed by atoms with E-state index >= 15 is 0 Å². The number of thiophene rings is 1. The van der Waals surface area contributed by atoms with E-state index in [0.717, 1.165) is 12.3 Å². The van der Waals surface area contributed by atoms with Gasteiger partial charge in [0.25, 0.3) is 0 Å². The second-order valence-corrected chi connectivity index (χ2v) is 7.67. The molecule has 2 rings (SSSR count). The zero-order valence-electron chi connectivity index (χ0n) is 11.3. The van der Waals surface area contributed by atoms with E-state index in [1.807, 2.05) is 11.3 Å². The molecule has 1 aromatic heterocycles. The minimum atomic E-state index is 0.0376. The maximum absolute atomic E-state index is 6.66. The lowest BCUT2D eigenvalue weighted by atomic mass is 9.86. The summed E-state index contributed by atoms with van der Waals surface area (Å²) < 4.78 is 1.24. The number of nitrogens with two attached hydrogens (primary N) is 1. The highest BCUT2D eigenvalue weighted by Crippen LogP contribution is 2.35. The quantitative estimate of drug-likeness (QED) is 0.761. The van der Waals surface area contributed by atoms with Crippen molar-refractivity contribution in [3.63, 3.8) is 0 Å². The number of hydrogen-bond acceptors (Lipinski definition) is 2. The Morgan fingerprint density at radius 1 is 1.44 bits per heavy atom. The second kappa shape index (κ2) is 6.53. The predicted octanol–water partition coefficient (Wildman–Crippen LogP) is 5.13. The monoisotopic (exact) mass is 329 g/mol. The molecule has 1 aliphatic rings. The van der Waals surface area contributed by atoms with Gasteiger partial charge in [0.2, 0.25) is 0 Å². The number of rotatable bonds is 4. The van der Waals surface area contributed by atoms with Crippen LogP contribution in [0, 0.1) is 5.92 Å². The molecule has 2 atom stereocenters. The Morgan fingerprint density at radius 2 is 2.28 bits per heavy atom. The van der Waals surface area contributed by atoms with Crippen molar-refractivity contribution >= 4 is 27.3 Å². The van der Waals surface area contributed by atoms with Crippen LogP contribution in [0.25, 0.3) is 0 Å². The largest absolute Gasteiger partial charge is 0.325 e. The van der Waals surface area contributed by atoms with Crippen molar-refractivity contribution in [2.24, 2.45) is 11.7 Å². The lowest BCUT2D eigenvalue weighted by Gasteiger charge is -2.28. The molecule has 2 unspecified atom stereocenters. The predicted molar refractivity (Wildman–Crippen MR) is 84.1 cm³/mol. The first-order valence-electron chi connectivity index (χ1n) is 7.14. The van der Waals surface area contributed by atoms with Crippen molar-refractivity contribution < 1.29 is 0 Å². The smallest absolute Gasteiger partial charge is 0.0315 e. The lowest BCUT2D eigenvalue weighted by molar-refractivity contribution is 0.356. The van der Waals surface area contributed by atoms with Gasteiger partial charge >= 0.3 is 0 Å². The third kappa shape index (κ3) is 3.82. The zero-order chi connectivity index (χ0) is 13.0. The van der Waals surface area contributed by atoms with Crippen LogP contribution in [0.4, 0.5) is 0 Å². The maximum Gasteiger partial charge on any atom is 0.0315 e. The summed E-state index contributed by atoms with van der Waals surface area (Å²) in [5, 5.41) is 2.15. The van der Waals surface area contributed by atoms with Crippen molar-refractivity contribution in [3.05, 3.63) is 20.8 Å². The number of hydrogen-bond donors (Lipinski definition) is 1. The first-order chi connectivity index (χ1) is 8.63. The molecule has 1 fully saturated rings. The summed E-state index contributed by atoms with van der Waals surface area (Å²) in [6.45, 7) is 2.29. The highest BCUT2D eigenvalue weighted by Gasteiger charge is 2.30. The van der Waals surface area contributed by atoms with E-state index < -0.39 is 0 Å². The molecule has 3 heteroatoms. The molecule has 0 radical (unpaired) electrons. The molecular formula is C15H24BrNS. The van der Waals surface area contributed by atoms with Crippen LogP contribution in [0.3, 0.4) is 0 Å². The van der Waals surface area contributed by atoms with Gasteiger partial charge in [-0.25, -0.2) is 0 Å². The molecule has 0 saturated heterocycles. The van der Waals surface area contributed by atoms with Gasteiger partial charge in [0, 0.05) is 21.3 Å². The molecule has 0 aliphatic heterocycles. The molecule has 18 heavy (non-hydrogen) atoms. The van der Waals surface area contributed by atoms with Crippen LogP contribution in [-0.2, 0) is 6.42 Å². The molecule has 1 nitrogen and oxygen atoms in total.